The first-order valence-electron chi connectivity index (χ1n) is 2.86. The molecule has 0 amide bonds. The summed E-state index contributed by atoms with van der Waals surface area (Å²) in [5.41, 5.74) is 4.91. The van der Waals surface area contributed by atoms with Crippen molar-refractivity contribution in [2.24, 2.45) is 5.50 Å². The Bertz CT molecular complexity index is 130. The van der Waals surface area contributed by atoms with Gasteiger partial charge in [0.15, 0.2) is 0 Å². The van der Waals surface area contributed by atoms with Gasteiger partial charge in [-0.2, -0.15) is 0 Å². The van der Waals surface area contributed by atoms with Crippen LogP contribution in [0.1, 0.15) is 0 Å². The van der Waals surface area contributed by atoms with Gasteiger partial charge in [0.25, 0.3) is 0 Å². The molecular formula is C5H17NO2P2. The van der Waals surface area contributed by atoms with E-state index < -0.39 is 14.4 Å². The fourth-order valence-electron chi connectivity index (χ4n) is 0. The van der Waals surface area contributed by atoms with Crippen LogP contribution in [0.5, 0.6) is 0 Å². The Labute approximate surface area is 63.2 Å². The molecule has 64 valence electrons. The molecule has 0 aromatic rings. The highest BCUT2D eigenvalue weighted by atomic mass is 31.2. The van der Waals surface area contributed by atoms with Crippen LogP contribution in [-0.2, 0) is 9.13 Å². The van der Waals surface area contributed by atoms with Crippen molar-refractivity contribution in [3.8, 4) is 0 Å². The Morgan fingerprint density at radius 1 is 0.900 bits per heavy atom. The summed E-state index contributed by atoms with van der Waals surface area (Å²) < 4.78 is 20.2. The minimum atomic E-state index is -2.14. The summed E-state index contributed by atoms with van der Waals surface area (Å²) in [6, 6.07) is 0. The molecule has 5 heteroatoms. The molecule has 0 spiro atoms. The molecule has 10 heavy (non-hydrogen) atoms. The maximum Gasteiger partial charge on any atom is 0.139 e. The first kappa shape index (κ1) is 13.0. The molecule has 0 saturated heterocycles. The van der Waals surface area contributed by atoms with Crippen LogP contribution in [0.4, 0.5) is 0 Å². The van der Waals surface area contributed by atoms with Crippen LogP contribution < -0.4 is 5.50 Å². The molecule has 0 rings (SSSR count). The second-order valence-electron chi connectivity index (χ2n) is 3.32. The van der Waals surface area contributed by atoms with Gasteiger partial charge in [0.05, 0.1) is 7.14 Å². The molecule has 0 unspecified atom stereocenters. The van der Waals surface area contributed by atoms with Crippen molar-refractivity contribution >= 4 is 14.4 Å². The van der Waals surface area contributed by atoms with E-state index in [9.17, 15) is 9.13 Å². The minimum Gasteiger partial charge on any atom is -0.324 e. The van der Waals surface area contributed by atoms with Crippen LogP contribution in [0.3, 0.4) is 0 Å². The molecule has 0 saturated carbocycles. The van der Waals surface area contributed by atoms with Gasteiger partial charge in [-0.05, 0) is 20.0 Å². The van der Waals surface area contributed by atoms with Crippen molar-refractivity contribution in [2.45, 2.75) is 0 Å². The summed E-state index contributed by atoms with van der Waals surface area (Å²) in [7, 11) is -3.78. The normalized spacial score (nSPS) is 11.8. The van der Waals surface area contributed by atoms with E-state index in [1.54, 1.807) is 20.0 Å². The highest BCUT2D eigenvalue weighted by Crippen LogP contribution is 2.28. The fourth-order valence-corrected chi connectivity index (χ4v) is 0. The molecule has 0 fully saturated rings. The van der Waals surface area contributed by atoms with Gasteiger partial charge in [-0.15, -0.1) is 0 Å². The van der Waals surface area contributed by atoms with E-state index >= 15 is 0 Å². The highest BCUT2D eigenvalue weighted by molar-refractivity contribution is 7.61. The van der Waals surface area contributed by atoms with Crippen LogP contribution >= 0.6 is 14.4 Å². The zero-order chi connectivity index (χ0) is 9.00. The fraction of sp³-hybridized carbons (Fsp3) is 1.00. The molecule has 2 N–H and O–H groups in total. The predicted molar refractivity (Wildman–Crippen MR) is 49.0 cm³/mol. The lowest BCUT2D eigenvalue weighted by Crippen LogP contribution is -1.85. The summed E-state index contributed by atoms with van der Waals surface area (Å²) in [6.07, 6.45) is 0. The van der Waals surface area contributed by atoms with E-state index in [-0.39, 0.29) is 0 Å². The van der Waals surface area contributed by atoms with E-state index in [0.717, 1.165) is 0 Å². The minimum absolute atomic E-state index is 1.52. The molecule has 3 nitrogen and oxygen atoms in total. The molecule has 0 bridgehead atoms. The van der Waals surface area contributed by atoms with Gasteiger partial charge in [-0.25, -0.2) is 0 Å². The van der Waals surface area contributed by atoms with Crippen molar-refractivity contribution in [2.75, 3.05) is 33.3 Å². The average Bonchev–Trinajstić information content (AvgIpc) is 1.12. The van der Waals surface area contributed by atoms with Crippen molar-refractivity contribution < 1.29 is 9.13 Å². The average molecular weight is 185 g/mol. The number of hydrogen-bond acceptors (Lipinski definition) is 2. The quantitative estimate of drug-likeness (QED) is 0.584. The van der Waals surface area contributed by atoms with Crippen LogP contribution in [0.15, 0.2) is 0 Å². The van der Waals surface area contributed by atoms with Crippen LogP contribution in [0, 0.1) is 0 Å². The van der Waals surface area contributed by atoms with E-state index in [1.807, 2.05) is 0 Å². The Balaban J connectivity index is 0. The Morgan fingerprint density at radius 2 is 0.900 bits per heavy atom. The van der Waals surface area contributed by atoms with Crippen molar-refractivity contribution in [3.63, 3.8) is 0 Å². The van der Waals surface area contributed by atoms with Crippen LogP contribution in [0.25, 0.3) is 0 Å². The van der Waals surface area contributed by atoms with Crippen LogP contribution in [0.2, 0.25) is 0 Å². The van der Waals surface area contributed by atoms with E-state index in [2.05, 4.69) is 0 Å². The molecule has 0 atom stereocenters. The standard InChI is InChI=1S/C3H9OP.C2H8NOP/c2*1-5(2,3)4/h1-3H3;1-2H3,(H2,3,4). The molecule has 0 heterocycles. The predicted octanol–water partition coefficient (Wildman–Crippen LogP) is 1.72. The van der Waals surface area contributed by atoms with Gasteiger partial charge in [0, 0.05) is 13.3 Å². The van der Waals surface area contributed by atoms with Gasteiger partial charge >= 0.3 is 0 Å². The first-order valence-corrected chi connectivity index (χ1v) is 8.58. The zero-order valence-electron chi connectivity index (χ0n) is 7.29. The highest BCUT2D eigenvalue weighted by Gasteiger charge is 1.89. The number of hydrogen-bond donors (Lipinski definition) is 1. The third kappa shape index (κ3) is 2630. The SMILES string of the molecule is CP(C)(C)=O.CP(C)(N)=O. The lowest BCUT2D eigenvalue weighted by atomic mass is 11.9. The summed E-state index contributed by atoms with van der Waals surface area (Å²) in [5, 5.41) is 0. The van der Waals surface area contributed by atoms with Crippen molar-refractivity contribution in [3.05, 3.63) is 0 Å². The first-order chi connectivity index (χ1) is 4.00. The maximum atomic E-state index is 10.2. The second kappa shape index (κ2) is 4.33. The summed E-state index contributed by atoms with van der Waals surface area (Å²) in [5.74, 6) is 0. The molecular weight excluding hydrogens is 168 g/mol. The monoisotopic (exact) mass is 185 g/mol. The van der Waals surface area contributed by atoms with E-state index in [4.69, 9.17) is 5.50 Å². The van der Waals surface area contributed by atoms with Gasteiger partial charge in [-0.3, -0.25) is 5.50 Å². The lowest BCUT2D eigenvalue weighted by Gasteiger charge is -1.87. The van der Waals surface area contributed by atoms with Crippen LogP contribution in [-0.4, -0.2) is 33.3 Å². The Kier molecular flexibility index (Phi) is 5.65. The van der Waals surface area contributed by atoms with Gasteiger partial charge in [-0.1, -0.05) is 0 Å². The molecule has 0 aliphatic carbocycles. The van der Waals surface area contributed by atoms with Gasteiger partial charge in [0.2, 0.25) is 0 Å². The third-order valence-corrected chi connectivity index (χ3v) is 0. The largest absolute Gasteiger partial charge is 0.324 e. The topological polar surface area (TPSA) is 60.2 Å². The van der Waals surface area contributed by atoms with E-state index in [0.29, 0.717) is 0 Å². The molecule has 0 aliphatic rings. The molecule has 0 aliphatic heterocycles. The van der Waals surface area contributed by atoms with Gasteiger partial charge < -0.3 is 9.13 Å². The smallest absolute Gasteiger partial charge is 0.139 e. The Morgan fingerprint density at radius 3 is 0.900 bits per heavy atom. The summed E-state index contributed by atoms with van der Waals surface area (Å²) >= 11 is 0. The van der Waals surface area contributed by atoms with Gasteiger partial charge in [0.1, 0.15) is 7.29 Å². The Hall–Kier alpha value is 0.420. The van der Waals surface area contributed by atoms with Crippen molar-refractivity contribution in [1.29, 1.82) is 0 Å². The molecule has 0 aromatic heterocycles. The summed E-state index contributed by atoms with van der Waals surface area (Å²) in [4.78, 5) is 0. The maximum absolute atomic E-state index is 10.2. The zero-order valence-corrected chi connectivity index (χ0v) is 9.08. The summed E-state index contributed by atoms with van der Waals surface area (Å²) in [6.45, 7) is 8.27. The third-order valence-electron chi connectivity index (χ3n) is 0. The van der Waals surface area contributed by atoms with Crippen molar-refractivity contribution in [1.82, 2.24) is 0 Å². The molecule has 0 aromatic carbocycles. The number of rotatable bonds is 0. The lowest BCUT2D eigenvalue weighted by molar-refractivity contribution is 0.583. The number of nitrogens with two attached hydrogens (primary N) is 1. The van der Waals surface area contributed by atoms with E-state index in [1.165, 1.54) is 13.3 Å². The molecule has 0 radical (unpaired) electrons. The second-order valence-corrected chi connectivity index (χ2v) is 9.97.